The van der Waals surface area contributed by atoms with E-state index >= 15 is 0 Å². The Labute approximate surface area is 107 Å². The first kappa shape index (κ1) is 13.9. The Hall–Kier alpha value is -1.21. The lowest BCUT2D eigenvalue weighted by molar-refractivity contribution is -0.146. The van der Waals surface area contributed by atoms with Crippen LogP contribution in [0.5, 0.6) is 0 Å². The molecule has 0 aliphatic carbocycles. The minimum absolute atomic E-state index is 0.0167. The summed E-state index contributed by atoms with van der Waals surface area (Å²) in [4.78, 5) is 34.7. The van der Waals surface area contributed by atoms with E-state index in [-0.39, 0.29) is 12.8 Å². The SMILES string of the molecule is C=C(Br)CC1(CC(C)O)C(=O)NC(=O)NC1=O. The molecule has 6 nitrogen and oxygen atoms in total. The van der Waals surface area contributed by atoms with Gasteiger partial charge in [-0.2, -0.15) is 0 Å². The molecule has 1 heterocycles. The van der Waals surface area contributed by atoms with Crippen molar-refractivity contribution >= 4 is 33.8 Å². The van der Waals surface area contributed by atoms with Crippen molar-refractivity contribution in [3.8, 4) is 0 Å². The van der Waals surface area contributed by atoms with Gasteiger partial charge in [0.05, 0.1) is 6.10 Å². The average molecular weight is 305 g/mol. The van der Waals surface area contributed by atoms with Crippen molar-refractivity contribution in [3.63, 3.8) is 0 Å². The van der Waals surface area contributed by atoms with Crippen LogP contribution in [0.1, 0.15) is 19.8 Å². The molecule has 1 aliphatic heterocycles. The fraction of sp³-hybridized carbons (Fsp3) is 0.500. The van der Waals surface area contributed by atoms with Gasteiger partial charge < -0.3 is 5.11 Å². The number of carbonyl (C=O) groups excluding carboxylic acids is 3. The molecule has 1 aliphatic rings. The topological polar surface area (TPSA) is 95.5 Å². The lowest BCUT2D eigenvalue weighted by Crippen LogP contribution is -2.63. The number of rotatable bonds is 4. The number of aliphatic hydroxyl groups is 1. The molecule has 0 aromatic carbocycles. The molecule has 1 saturated heterocycles. The Kier molecular flexibility index (Phi) is 4.05. The summed E-state index contributed by atoms with van der Waals surface area (Å²) in [5, 5.41) is 13.5. The van der Waals surface area contributed by atoms with E-state index in [0.717, 1.165) is 0 Å². The van der Waals surface area contributed by atoms with Gasteiger partial charge >= 0.3 is 6.03 Å². The molecule has 1 atom stereocenters. The van der Waals surface area contributed by atoms with Gasteiger partial charge in [-0.05, 0) is 17.8 Å². The van der Waals surface area contributed by atoms with Crippen LogP contribution in [0.4, 0.5) is 4.79 Å². The molecule has 0 aromatic heterocycles. The highest BCUT2D eigenvalue weighted by atomic mass is 79.9. The molecule has 1 rings (SSSR count). The number of carbonyl (C=O) groups is 3. The van der Waals surface area contributed by atoms with E-state index in [2.05, 4.69) is 22.5 Å². The highest BCUT2D eigenvalue weighted by molar-refractivity contribution is 9.11. The van der Waals surface area contributed by atoms with Crippen molar-refractivity contribution in [2.24, 2.45) is 5.41 Å². The van der Waals surface area contributed by atoms with E-state index in [1.807, 2.05) is 10.6 Å². The lowest BCUT2D eigenvalue weighted by Gasteiger charge is -2.34. The predicted octanol–water partition coefficient (Wildman–Crippen LogP) is 0.408. The van der Waals surface area contributed by atoms with Gasteiger partial charge in [0.2, 0.25) is 11.8 Å². The zero-order valence-corrected chi connectivity index (χ0v) is 10.8. The summed E-state index contributed by atoms with van der Waals surface area (Å²) in [5.74, 6) is -1.43. The Morgan fingerprint density at radius 3 is 2.24 bits per heavy atom. The van der Waals surface area contributed by atoms with E-state index in [0.29, 0.717) is 4.48 Å². The van der Waals surface area contributed by atoms with Crippen LogP contribution in [0.15, 0.2) is 11.1 Å². The van der Waals surface area contributed by atoms with Gasteiger partial charge in [0, 0.05) is 6.42 Å². The molecule has 0 radical (unpaired) electrons. The number of barbiturate groups is 1. The maximum absolute atomic E-state index is 11.8. The summed E-state index contributed by atoms with van der Waals surface area (Å²) in [6, 6.07) is -0.846. The highest BCUT2D eigenvalue weighted by Gasteiger charge is 2.50. The summed E-state index contributed by atoms with van der Waals surface area (Å²) in [7, 11) is 0. The number of imide groups is 2. The third-order valence-electron chi connectivity index (χ3n) is 2.46. The summed E-state index contributed by atoms with van der Waals surface area (Å²) in [6.07, 6.45) is -0.919. The molecule has 0 saturated carbocycles. The monoisotopic (exact) mass is 304 g/mol. The zero-order chi connectivity index (χ0) is 13.2. The van der Waals surface area contributed by atoms with Crippen LogP contribution >= 0.6 is 15.9 Å². The molecular weight excluding hydrogens is 292 g/mol. The fourth-order valence-electron chi connectivity index (χ4n) is 1.83. The summed E-state index contributed by atoms with van der Waals surface area (Å²) >= 11 is 3.08. The second kappa shape index (κ2) is 4.97. The minimum Gasteiger partial charge on any atom is -0.393 e. The number of urea groups is 1. The summed E-state index contributed by atoms with van der Waals surface area (Å²) < 4.78 is 0.442. The van der Waals surface area contributed by atoms with E-state index in [1.165, 1.54) is 6.92 Å². The maximum Gasteiger partial charge on any atom is 0.328 e. The van der Waals surface area contributed by atoms with Crippen LogP contribution in [-0.2, 0) is 9.59 Å². The van der Waals surface area contributed by atoms with Gasteiger partial charge in [0.1, 0.15) is 5.41 Å². The van der Waals surface area contributed by atoms with Crippen LogP contribution in [0, 0.1) is 5.41 Å². The first-order valence-corrected chi connectivity index (χ1v) is 5.75. The van der Waals surface area contributed by atoms with E-state index in [9.17, 15) is 19.5 Å². The Morgan fingerprint density at radius 1 is 1.41 bits per heavy atom. The van der Waals surface area contributed by atoms with Gasteiger partial charge in [-0.15, -0.1) is 0 Å². The number of hydrogen-bond donors (Lipinski definition) is 3. The second-order valence-electron chi connectivity index (χ2n) is 4.07. The molecule has 17 heavy (non-hydrogen) atoms. The van der Waals surface area contributed by atoms with Gasteiger partial charge in [-0.1, -0.05) is 22.5 Å². The van der Waals surface area contributed by atoms with Crippen molar-refractivity contribution < 1.29 is 19.5 Å². The molecule has 1 fully saturated rings. The quantitative estimate of drug-likeness (QED) is 0.656. The maximum atomic E-state index is 11.8. The Bertz CT molecular complexity index is 372. The lowest BCUT2D eigenvalue weighted by atomic mass is 9.76. The Balaban J connectivity index is 3.10. The number of nitrogens with one attached hydrogen (secondary N) is 2. The smallest absolute Gasteiger partial charge is 0.328 e. The predicted molar refractivity (Wildman–Crippen MR) is 63.1 cm³/mol. The van der Waals surface area contributed by atoms with Gasteiger partial charge in [-0.25, -0.2) is 4.79 Å². The van der Waals surface area contributed by atoms with Crippen molar-refractivity contribution in [1.29, 1.82) is 0 Å². The number of halogens is 1. The standard InChI is InChI=1S/C10H13BrN2O4/c1-5(11)3-10(4-6(2)14)7(15)12-9(17)13-8(10)16/h6,14H,1,3-4H2,2H3,(H2,12,13,15,16,17). The molecule has 0 bridgehead atoms. The normalized spacial score (nSPS) is 20.5. The summed E-state index contributed by atoms with van der Waals surface area (Å²) in [5.41, 5.74) is -1.50. The Morgan fingerprint density at radius 2 is 1.88 bits per heavy atom. The van der Waals surface area contributed by atoms with Crippen LogP contribution in [0.3, 0.4) is 0 Å². The molecule has 4 amide bonds. The number of amides is 4. The number of aliphatic hydroxyl groups excluding tert-OH is 1. The van der Waals surface area contributed by atoms with Crippen molar-refractivity contribution in [1.82, 2.24) is 10.6 Å². The van der Waals surface area contributed by atoms with Crippen LogP contribution in [0.2, 0.25) is 0 Å². The molecule has 94 valence electrons. The summed E-state index contributed by atoms with van der Waals surface area (Å²) in [6.45, 7) is 5.05. The highest BCUT2D eigenvalue weighted by Crippen LogP contribution is 2.35. The molecule has 0 spiro atoms. The first-order valence-electron chi connectivity index (χ1n) is 4.96. The van der Waals surface area contributed by atoms with E-state index in [4.69, 9.17) is 0 Å². The minimum atomic E-state index is -1.50. The average Bonchev–Trinajstić information content (AvgIpc) is 2.12. The fourth-order valence-corrected chi connectivity index (χ4v) is 2.31. The third-order valence-corrected chi connectivity index (χ3v) is 2.74. The largest absolute Gasteiger partial charge is 0.393 e. The van der Waals surface area contributed by atoms with Gasteiger partial charge in [0.25, 0.3) is 0 Å². The number of allylic oxidation sites excluding steroid dienone is 1. The zero-order valence-electron chi connectivity index (χ0n) is 9.25. The van der Waals surface area contributed by atoms with Crippen LogP contribution in [-0.4, -0.2) is 29.1 Å². The van der Waals surface area contributed by atoms with Gasteiger partial charge in [0.15, 0.2) is 0 Å². The second-order valence-corrected chi connectivity index (χ2v) is 5.19. The third kappa shape index (κ3) is 2.92. The van der Waals surface area contributed by atoms with E-state index in [1.54, 1.807) is 0 Å². The first-order chi connectivity index (χ1) is 7.78. The van der Waals surface area contributed by atoms with Crippen molar-refractivity contribution in [3.05, 3.63) is 11.1 Å². The molecule has 7 heteroatoms. The molecule has 1 unspecified atom stereocenters. The molecule has 3 N–H and O–H groups in total. The van der Waals surface area contributed by atoms with E-state index < -0.39 is 29.4 Å². The number of hydrogen-bond acceptors (Lipinski definition) is 4. The molecule has 0 aromatic rings. The van der Waals surface area contributed by atoms with Crippen LogP contribution < -0.4 is 10.6 Å². The van der Waals surface area contributed by atoms with Crippen LogP contribution in [0.25, 0.3) is 0 Å². The van der Waals surface area contributed by atoms with Gasteiger partial charge in [-0.3, -0.25) is 20.2 Å². The van der Waals surface area contributed by atoms with Crippen molar-refractivity contribution in [2.75, 3.05) is 0 Å². The molecular formula is C10H13BrN2O4. The van der Waals surface area contributed by atoms with Crippen molar-refractivity contribution in [2.45, 2.75) is 25.9 Å².